The first-order valence-electron chi connectivity index (χ1n) is 9.32. The van der Waals surface area contributed by atoms with E-state index in [2.05, 4.69) is 12.0 Å². The quantitative estimate of drug-likeness (QED) is 0.761. The van der Waals surface area contributed by atoms with Gasteiger partial charge in [-0.05, 0) is 69.9 Å². The van der Waals surface area contributed by atoms with Crippen LogP contribution in [-0.4, -0.2) is 33.2 Å². The Bertz CT molecular complexity index is 807. The van der Waals surface area contributed by atoms with Gasteiger partial charge in [0.25, 0.3) is 0 Å². The maximum atomic E-state index is 13.2. The fourth-order valence-corrected chi connectivity index (χ4v) is 3.70. The van der Waals surface area contributed by atoms with E-state index in [0.29, 0.717) is 6.04 Å². The number of likely N-dealkylation sites (tertiary alicyclic amines) is 1. The highest BCUT2D eigenvalue weighted by atomic mass is 19.1. The molecule has 1 unspecified atom stereocenters. The molecule has 1 aromatic carbocycles. The number of carbonyl (C=O) groups is 1. The Hall–Kier alpha value is -2.43. The van der Waals surface area contributed by atoms with Gasteiger partial charge in [0.2, 0.25) is 5.91 Å². The van der Waals surface area contributed by atoms with Gasteiger partial charge in [0, 0.05) is 29.9 Å². The normalized spacial score (nSPS) is 17.8. The molecule has 1 atom stereocenters. The molecule has 1 aliphatic rings. The molecule has 2 heterocycles. The Morgan fingerprint density at radius 3 is 2.69 bits per heavy atom. The molecule has 0 N–H and O–H groups in total. The van der Waals surface area contributed by atoms with Crippen LogP contribution in [0, 0.1) is 19.7 Å². The highest BCUT2D eigenvalue weighted by Crippen LogP contribution is 2.22. The Labute approximate surface area is 154 Å². The number of aryl methyl sites for hydroxylation is 1. The van der Waals surface area contributed by atoms with Crippen molar-refractivity contribution in [2.75, 3.05) is 6.54 Å². The van der Waals surface area contributed by atoms with Crippen LogP contribution < -0.4 is 0 Å². The number of nitrogens with zero attached hydrogens (tertiary/aromatic N) is 3. The van der Waals surface area contributed by atoms with Gasteiger partial charge in [0.05, 0.1) is 11.4 Å². The maximum absolute atomic E-state index is 13.2. The fourth-order valence-electron chi connectivity index (χ4n) is 3.70. The summed E-state index contributed by atoms with van der Waals surface area (Å²) in [4.78, 5) is 14.6. The fraction of sp³-hybridized carbons (Fsp3) is 0.429. The van der Waals surface area contributed by atoms with Crippen molar-refractivity contribution in [3.63, 3.8) is 0 Å². The molecule has 3 rings (SSSR count). The van der Waals surface area contributed by atoms with Crippen molar-refractivity contribution in [3.8, 4) is 5.69 Å². The Morgan fingerprint density at radius 1 is 1.27 bits per heavy atom. The number of hydrogen-bond donors (Lipinski definition) is 0. The summed E-state index contributed by atoms with van der Waals surface area (Å²) in [5, 5.41) is 4.55. The molecular weight excluding hydrogens is 329 g/mol. The molecule has 1 aliphatic heterocycles. The second kappa shape index (κ2) is 7.85. The number of hydrogen-bond acceptors (Lipinski definition) is 2. The van der Waals surface area contributed by atoms with E-state index in [1.165, 1.54) is 18.6 Å². The summed E-state index contributed by atoms with van der Waals surface area (Å²) in [5.74, 6) is -0.196. The first-order valence-corrected chi connectivity index (χ1v) is 9.32. The lowest BCUT2D eigenvalue weighted by Gasteiger charge is -2.34. The van der Waals surface area contributed by atoms with E-state index >= 15 is 0 Å². The second-order valence-electron chi connectivity index (χ2n) is 6.90. The average molecular weight is 355 g/mol. The van der Waals surface area contributed by atoms with Gasteiger partial charge in [-0.25, -0.2) is 9.07 Å². The summed E-state index contributed by atoms with van der Waals surface area (Å²) in [7, 11) is 0. The van der Waals surface area contributed by atoms with Crippen LogP contribution in [0.4, 0.5) is 4.39 Å². The minimum absolute atomic E-state index is 0.0740. The molecule has 26 heavy (non-hydrogen) atoms. The predicted molar refractivity (Wildman–Crippen MR) is 102 cm³/mol. The van der Waals surface area contributed by atoms with Crippen LogP contribution in [0.5, 0.6) is 0 Å². The van der Waals surface area contributed by atoms with Crippen LogP contribution in [0.1, 0.15) is 49.6 Å². The number of carbonyl (C=O) groups excluding carboxylic acids is 1. The van der Waals surface area contributed by atoms with E-state index in [4.69, 9.17) is 0 Å². The molecule has 1 fully saturated rings. The van der Waals surface area contributed by atoms with Crippen molar-refractivity contribution in [1.29, 1.82) is 0 Å². The highest BCUT2D eigenvalue weighted by molar-refractivity contribution is 5.92. The maximum Gasteiger partial charge on any atom is 0.246 e. The predicted octanol–water partition coefficient (Wildman–Crippen LogP) is 4.43. The van der Waals surface area contributed by atoms with Crippen LogP contribution in [-0.2, 0) is 4.79 Å². The zero-order valence-corrected chi connectivity index (χ0v) is 15.7. The molecule has 0 bridgehead atoms. The summed E-state index contributed by atoms with van der Waals surface area (Å²) in [6.45, 7) is 6.87. The number of amides is 1. The zero-order valence-electron chi connectivity index (χ0n) is 15.7. The molecule has 2 aromatic rings. The van der Waals surface area contributed by atoms with E-state index in [1.807, 2.05) is 24.8 Å². The van der Waals surface area contributed by atoms with Crippen molar-refractivity contribution >= 4 is 12.0 Å². The molecule has 5 heteroatoms. The number of halogens is 1. The molecule has 138 valence electrons. The number of benzene rings is 1. The van der Waals surface area contributed by atoms with E-state index < -0.39 is 0 Å². The van der Waals surface area contributed by atoms with E-state index in [9.17, 15) is 9.18 Å². The first kappa shape index (κ1) is 18.4. The molecule has 0 radical (unpaired) electrons. The van der Waals surface area contributed by atoms with Crippen LogP contribution in [0.2, 0.25) is 0 Å². The van der Waals surface area contributed by atoms with Gasteiger partial charge >= 0.3 is 0 Å². The van der Waals surface area contributed by atoms with Crippen molar-refractivity contribution < 1.29 is 9.18 Å². The van der Waals surface area contributed by atoms with Crippen LogP contribution >= 0.6 is 0 Å². The minimum atomic E-state index is -0.270. The third kappa shape index (κ3) is 3.71. The highest BCUT2D eigenvalue weighted by Gasteiger charge is 2.23. The summed E-state index contributed by atoms with van der Waals surface area (Å²) in [6, 6.07) is 6.60. The minimum Gasteiger partial charge on any atom is -0.336 e. The summed E-state index contributed by atoms with van der Waals surface area (Å²) in [5.41, 5.74) is 3.53. The molecule has 1 aromatic heterocycles. The topological polar surface area (TPSA) is 38.1 Å². The van der Waals surface area contributed by atoms with Crippen LogP contribution in [0.25, 0.3) is 11.8 Å². The summed E-state index contributed by atoms with van der Waals surface area (Å²) < 4.78 is 14.9. The summed E-state index contributed by atoms with van der Waals surface area (Å²) in [6.07, 6.45) is 7.91. The average Bonchev–Trinajstić information content (AvgIpc) is 2.94. The van der Waals surface area contributed by atoms with E-state index in [0.717, 1.165) is 48.4 Å². The largest absolute Gasteiger partial charge is 0.336 e. The number of rotatable bonds is 4. The molecule has 1 amide bonds. The van der Waals surface area contributed by atoms with Gasteiger partial charge in [-0.2, -0.15) is 5.10 Å². The zero-order chi connectivity index (χ0) is 18.7. The molecule has 1 saturated heterocycles. The molecule has 0 saturated carbocycles. The van der Waals surface area contributed by atoms with Crippen molar-refractivity contribution in [3.05, 3.63) is 53.1 Å². The van der Waals surface area contributed by atoms with Gasteiger partial charge in [0.15, 0.2) is 0 Å². The summed E-state index contributed by atoms with van der Waals surface area (Å²) >= 11 is 0. The van der Waals surface area contributed by atoms with Gasteiger partial charge < -0.3 is 4.90 Å². The number of piperidine rings is 1. The standard InChI is InChI=1S/C21H26FN3O/c1-4-18-7-5-6-14-24(18)21(26)13-12-20-15(2)23-25(16(20)3)19-10-8-17(22)9-11-19/h8-13,18H,4-7,14H2,1-3H3/b13-12+. The molecule has 0 spiro atoms. The van der Waals surface area contributed by atoms with Crippen molar-refractivity contribution in [1.82, 2.24) is 14.7 Å². The lowest BCUT2D eigenvalue weighted by Crippen LogP contribution is -2.42. The SMILES string of the molecule is CCC1CCCCN1C(=O)/C=C/c1c(C)nn(-c2ccc(F)cc2)c1C. The van der Waals surface area contributed by atoms with Crippen LogP contribution in [0.3, 0.4) is 0 Å². The van der Waals surface area contributed by atoms with E-state index in [1.54, 1.807) is 22.9 Å². The Kier molecular flexibility index (Phi) is 5.55. The second-order valence-corrected chi connectivity index (χ2v) is 6.90. The molecular formula is C21H26FN3O. The lowest BCUT2D eigenvalue weighted by molar-refractivity contribution is -0.129. The van der Waals surface area contributed by atoms with Crippen molar-refractivity contribution in [2.45, 2.75) is 52.5 Å². The van der Waals surface area contributed by atoms with E-state index in [-0.39, 0.29) is 11.7 Å². The number of aromatic nitrogens is 2. The lowest BCUT2D eigenvalue weighted by atomic mass is 10.00. The van der Waals surface area contributed by atoms with Gasteiger partial charge in [0.1, 0.15) is 5.82 Å². The third-order valence-corrected chi connectivity index (χ3v) is 5.19. The smallest absolute Gasteiger partial charge is 0.246 e. The first-order chi connectivity index (χ1) is 12.5. The monoisotopic (exact) mass is 355 g/mol. The Balaban J connectivity index is 1.82. The third-order valence-electron chi connectivity index (χ3n) is 5.19. The van der Waals surface area contributed by atoms with Gasteiger partial charge in [-0.1, -0.05) is 6.92 Å². The Morgan fingerprint density at radius 2 is 2.00 bits per heavy atom. The molecule has 4 nitrogen and oxygen atoms in total. The molecule has 0 aliphatic carbocycles. The van der Waals surface area contributed by atoms with Gasteiger partial charge in [-0.3, -0.25) is 4.79 Å². The van der Waals surface area contributed by atoms with Crippen molar-refractivity contribution in [2.24, 2.45) is 0 Å². The van der Waals surface area contributed by atoms with Crippen LogP contribution in [0.15, 0.2) is 30.3 Å². The van der Waals surface area contributed by atoms with Gasteiger partial charge in [-0.15, -0.1) is 0 Å².